The van der Waals surface area contributed by atoms with E-state index in [1.807, 2.05) is 0 Å². The monoisotopic (exact) mass is 303 g/mol. The number of carbonyl (C=O) groups is 1. The predicted octanol–water partition coefficient (Wildman–Crippen LogP) is 1.23. The zero-order valence-electron chi connectivity index (χ0n) is 11.8. The van der Waals surface area contributed by atoms with Crippen LogP contribution in [-0.2, 0) is 11.3 Å². The lowest BCUT2D eigenvalue weighted by Gasteiger charge is -2.06. The normalized spacial score (nSPS) is 11.3. The number of aromatic nitrogens is 1. The number of halogens is 1. The van der Waals surface area contributed by atoms with E-state index < -0.39 is 11.7 Å². The molecule has 1 aromatic carbocycles. The first-order valence-corrected chi connectivity index (χ1v) is 6.45. The van der Waals surface area contributed by atoms with Crippen LogP contribution in [0.25, 0.3) is 0 Å². The largest absolute Gasteiger partial charge is 0.507 e. The zero-order valence-corrected chi connectivity index (χ0v) is 11.8. The highest BCUT2D eigenvalue weighted by atomic mass is 19.1. The molecule has 0 radical (unpaired) electrons. The lowest BCUT2D eigenvalue weighted by Crippen LogP contribution is -2.29. The van der Waals surface area contributed by atoms with Gasteiger partial charge >= 0.3 is 0 Å². The van der Waals surface area contributed by atoms with Crippen molar-refractivity contribution in [2.75, 3.05) is 0 Å². The number of rotatable bonds is 4. The number of hydrogen-bond acceptors (Lipinski definition) is 4. The van der Waals surface area contributed by atoms with Crippen LogP contribution < -0.4 is 11.0 Å². The Morgan fingerprint density at radius 1 is 1.36 bits per heavy atom. The lowest BCUT2D eigenvalue weighted by atomic mass is 10.1. The Hall–Kier alpha value is -2.96. The molecule has 0 saturated heterocycles. The molecule has 0 aliphatic rings. The molecular formula is C15H14FN3O3. The number of pyridine rings is 1. The molecule has 0 spiro atoms. The van der Waals surface area contributed by atoms with E-state index in [-0.39, 0.29) is 29.1 Å². The molecule has 2 N–H and O–H groups in total. The van der Waals surface area contributed by atoms with Crippen molar-refractivity contribution in [3.8, 4) is 5.75 Å². The SMILES string of the molecule is C/C(=N\NC(=O)Cn1ccccc1=O)c1cc(F)ccc1O. The summed E-state index contributed by atoms with van der Waals surface area (Å²) in [5, 5.41) is 13.4. The molecule has 22 heavy (non-hydrogen) atoms. The van der Waals surface area contributed by atoms with Crippen molar-refractivity contribution in [2.24, 2.45) is 5.10 Å². The average Bonchev–Trinajstić information content (AvgIpc) is 2.49. The highest BCUT2D eigenvalue weighted by molar-refractivity contribution is 6.01. The van der Waals surface area contributed by atoms with Gasteiger partial charge < -0.3 is 9.67 Å². The van der Waals surface area contributed by atoms with Crippen LogP contribution in [0.4, 0.5) is 4.39 Å². The number of amides is 1. The van der Waals surface area contributed by atoms with Crippen molar-refractivity contribution < 1.29 is 14.3 Å². The lowest BCUT2D eigenvalue weighted by molar-refractivity contribution is -0.121. The Kier molecular flexibility index (Phi) is 4.67. The maximum absolute atomic E-state index is 13.1. The van der Waals surface area contributed by atoms with Crippen LogP contribution in [0, 0.1) is 5.82 Å². The standard InChI is InChI=1S/C15H14FN3O3/c1-10(12-8-11(16)5-6-13(12)20)17-18-14(21)9-19-7-3-2-4-15(19)22/h2-8,20H,9H2,1H3,(H,18,21)/b17-10+. The van der Waals surface area contributed by atoms with Crippen LogP contribution in [0.15, 0.2) is 52.5 Å². The van der Waals surface area contributed by atoms with Crippen molar-refractivity contribution in [3.63, 3.8) is 0 Å². The third-order valence-electron chi connectivity index (χ3n) is 2.91. The Morgan fingerprint density at radius 3 is 2.86 bits per heavy atom. The number of hydrazone groups is 1. The summed E-state index contributed by atoms with van der Waals surface area (Å²) in [7, 11) is 0. The predicted molar refractivity (Wildman–Crippen MR) is 79.1 cm³/mol. The highest BCUT2D eigenvalue weighted by Crippen LogP contribution is 2.18. The Morgan fingerprint density at radius 2 is 2.14 bits per heavy atom. The van der Waals surface area contributed by atoms with Gasteiger partial charge in [-0.05, 0) is 31.2 Å². The fourth-order valence-corrected chi connectivity index (χ4v) is 1.79. The molecular weight excluding hydrogens is 289 g/mol. The van der Waals surface area contributed by atoms with Crippen LogP contribution in [0.5, 0.6) is 5.75 Å². The van der Waals surface area contributed by atoms with E-state index in [2.05, 4.69) is 10.5 Å². The molecule has 2 rings (SSSR count). The minimum absolute atomic E-state index is 0.142. The van der Waals surface area contributed by atoms with Crippen LogP contribution in [0.2, 0.25) is 0 Å². The molecule has 1 amide bonds. The van der Waals surface area contributed by atoms with Gasteiger partial charge in [0.15, 0.2) is 0 Å². The molecule has 7 heteroatoms. The number of carbonyl (C=O) groups excluding carboxylic acids is 1. The number of phenols is 1. The van der Waals surface area contributed by atoms with Gasteiger partial charge in [0.05, 0.1) is 5.71 Å². The van der Waals surface area contributed by atoms with Gasteiger partial charge in [-0.15, -0.1) is 0 Å². The van der Waals surface area contributed by atoms with Crippen molar-refractivity contribution in [3.05, 3.63) is 64.3 Å². The molecule has 2 aromatic rings. The maximum Gasteiger partial charge on any atom is 0.260 e. The van der Waals surface area contributed by atoms with Crippen LogP contribution in [-0.4, -0.2) is 21.3 Å². The number of nitrogens with one attached hydrogen (secondary N) is 1. The minimum atomic E-state index is -0.524. The molecule has 1 heterocycles. The van der Waals surface area contributed by atoms with Crippen molar-refractivity contribution >= 4 is 11.6 Å². The Bertz CT molecular complexity index is 784. The van der Waals surface area contributed by atoms with Gasteiger partial charge in [-0.1, -0.05) is 6.07 Å². The van der Waals surface area contributed by atoms with Gasteiger partial charge in [0, 0.05) is 17.8 Å². The van der Waals surface area contributed by atoms with Crippen LogP contribution in [0.1, 0.15) is 12.5 Å². The summed E-state index contributed by atoms with van der Waals surface area (Å²) >= 11 is 0. The number of nitrogens with zero attached hydrogens (tertiary/aromatic N) is 2. The summed E-state index contributed by atoms with van der Waals surface area (Å²) in [4.78, 5) is 23.2. The molecule has 1 aromatic heterocycles. The third kappa shape index (κ3) is 3.78. The van der Waals surface area contributed by atoms with E-state index in [0.29, 0.717) is 0 Å². The first-order valence-electron chi connectivity index (χ1n) is 6.45. The first kappa shape index (κ1) is 15.4. The quantitative estimate of drug-likeness (QED) is 0.658. The number of benzene rings is 1. The van der Waals surface area contributed by atoms with Crippen LogP contribution in [0.3, 0.4) is 0 Å². The molecule has 114 valence electrons. The second kappa shape index (κ2) is 6.66. The summed E-state index contributed by atoms with van der Waals surface area (Å²) < 4.78 is 14.4. The highest BCUT2D eigenvalue weighted by Gasteiger charge is 2.08. The Balaban J connectivity index is 2.07. The first-order chi connectivity index (χ1) is 10.5. The summed E-state index contributed by atoms with van der Waals surface area (Å²) in [6.45, 7) is 1.33. The van der Waals surface area contributed by atoms with Crippen LogP contribution >= 0.6 is 0 Å². The van der Waals surface area contributed by atoms with Crippen molar-refractivity contribution in [2.45, 2.75) is 13.5 Å². The van der Waals surface area contributed by atoms with E-state index in [4.69, 9.17) is 0 Å². The van der Waals surface area contributed by atoms with E-state index in [1.54, 1.807) is 12.1 Å². The second-order valence-electron chi connectivity index (χ2n) is 4.56. The van der Waals surface area contributed by atoms with Crippen molar-refractivity contribution in [1.82, 2.24) is 9.99 Å². The van der Waals surface area contributed by atoms with E-state index in [9.17, 15) is 19.1 Å². The summed E-state index contributed by atoms with van der Waals surface area (Å²) in [5.41, 5.74) is 2.37. The number of phenolic OH excluding ortho intramolecular Hbond substituents is 1. The van der Waals surface area contributed by atoms with Gasteiger partial charge in [0.2, 0.25) is 0 Å². The van der Waals surface area contributed by atoms with Gasteiger partial charge in [0.1, 0.15) is 18.1 Å². The zero-order chi connectivity index (χ0) is 16.1. The van der Waals surface area contributed by atoms with Crippen molar-refractivity contribution in [1.29, 1.82) is 0 Å². The maximum atomic E-state index is 13.1. The smallest absolute Gasteiger partial charge is 0.260 e. The minimum Gasteiger partial charge on any atom is -0.507 e. The molecule has 0 aliphatic carbocycles. The average molecular weight is 303 g/mol. The van der Waals surface area contributed by atoms with Gasteiger partial charge in [-0.3, -0.25) is 9.59 Å². The third-order valence-corrected chi connectivity index (χ3v) is 2.91. The fraction of sp³-hybridized carbons (Fsp3) is 0.133. The number of hydrogen-bond donors (Lipinski definition) is 2. The van der Waals surface area contributed by atoms with Gasteiger partial charge in [-0.25, -0.2) is 9.82 Å². The molecule has 6 nitrogen and oxygen atoms in total. The number of aromatic hydroxyl groups is 1. The van der Waals surface area contributed by atoms with E-state index in [0.717, 1.165) is 12.1 Å². The molecule has 0 bridgehead atoms. The molecule has 0 unspecified atom stereocenters. The fourth-order valence-electron chi connectivity index (χ4n) is 1.79. The molecule has 0 fully saturated rings. The van der Waals surface area contributed by atoms with Gasteiger partial charge in [-0.2, -0.15) is 5.10 Å². The molecule has 0 aliphatic heterocycles. The Labute approximate surface area is 125 Å². The topological polar surface area (TPSA) is 83.7 Å². The second-order valence-corrected chi connectivity index (χ2v) is 4.56. The molecule has 0 saturated carbocycles. The van der Waals surface area contributed by atoms with E-state index in [1.165, 1.54) is 29.8 Å². The summed E-state index contributed by atoms with van der Waals surface area (Å²) in [6.07, 6.45) is 1.48. The summed E-state index contributed by atoms with van der Waals surface area (Å²) in [5.74, 6) is -1.18. The molecule has 0 atom stereocenters. The van der Waals surface area contributed by atoms with Gasteiger partial charge in [0.25, 0.3) is 11.5 Å². The summed E-state index contributed by atoms with van der Waals surface area (Å²) in [6, 6.07) is 7.98. The van der Waals surface area contributed by atoms with E-state index >= 15 is 0 Å².